The Balaban J connectivity index is 1.83. The molecule has 1 aliphatic carbocycles. The summed E-state index contributed by atoms with van der Waals surface area (Å²) in [6.45, 7) is 4.30. The number of hydrogen-bond donors (Lipinski definition) is 1. The van der Waals surface area contributed by atoms with Gasteiger partial charge in [-0.1, -0.05) is 18.2 Å². The van der Waals surface area contributed by atoms with Crippen molar-refractivity contribution < 1.29 is 4.74 Å². The van der Waals surface area contributed by atoms with E-state index in [4.69, 9.17) is 17.0 Å². The number of benzene rings is 1. The predicted molar refractivity (Wildman–Crippen MR) is 78.2 cm³/mol. The number of para-hydroxylation sites is 1. The van der Waals surface area contributed by atoms with E-state index in [9.17, 15) is 0 Å². The van der Waals surface area contributed by atoms with Crippen LogP contribution in [0.3, 0.4) is 0 Å². The summed E-state index contributed by atoms with van der Waals surface area (Å²) in [4.78, 5) is 2.29. The molecule has 19 heavy (non-hydrogen) atoms. The minimum Gasteiger partial charge on any atom is -0.467 e. The SMILES string of the molecule is Cc1cccc2c1OC1(C)CC2NC(=S)N1C1CC1. The van der Waals surface area contributed by atoms with Gasteiger partial charge in [0, 0.05) is 18.0 Å². The summed E-state index contributed by atoms with van der Waals surface area (Å²) in [5.74, 6) is 1.04. The van der Waals surface area contributed by atoms with Crippen molar-refractivity contribution in [2.75, 3.05) is 0 Å². The number of aryl methyl sites for hydroxylation is 1. The number of thiocarbonyl (C=S) groups is 1. The van der Waals surface area contributed by atoms with Crippen LogP contribution in [-0.4, -0.2) is 21.8 Å². The molecule has 4 heteroatoms. The molecule has 0 spiro atoms. The van der Waals surface area contributed by atoms with Crippen LogP contribution in [0, 0.1) is 6.92 Å². The third-order valence-electron chi connectivity index (χ3n) is 4.46. The molecular formula is C15H18N2OS. The maximum Gasteiger partial charge on any atom is 0.184 e. The van der Waals surface area contributed by atoms with E-state index in [1.165, 1.54) is 24.0 Å². The Bertz CT molecular complexity index is 569. The third-order valence-corrected chi connectivity index (χ3v) is 4.78. The van der Waals surface area contributed by atoms with Crippen LogP contribution in [0.1, 0.15) is 43.4 Å². The lowest BCUT2D eigenvalue weighted by Crippen LogP contribution is -2.65. The third kappa shape index (κ3) is 1.59. The highest BCUT2D eigenvalue weighted by molar-refractivity contribution is 7.80. The maximum atomic E-state index is 6.40. The summed E-state index contributed by atoms with van der Waals surface area (Å²) >= 11 is 5.57. The Morgan fingerprint density at radius 3 is 2.95 bits per heavy atom. The summed E-state index contributed by atoms with van der Waals surface area (Å²) in [6.07, 6.45) is 3.41. The van der Waals surface area contributed by atoms with E-state index in [0.29, 0.717) is 6.04 Å². The monoisotopic (exact) mass is 274 g/mol. The second-order valence-corrected chi connectivity index (χ2v) is 6.46. The summed E-state index contributed by atoms with van der Waals surface area (Å²) in [7, 11) is 0. The van der Waals surface area contributed by atoms with Gasteiger partial charge in [-0.05, 0) is 44.5 Å². The molecule has 2 aliphatic heterocycles. The molecule has 2 atom stereocenters. The van der Waals surface area contributed by atoms with E-state index in [0.717, 1.165) is 17.3 Å². The average molecular weight is 274 g/mol. The number of nitrogens with zero attached hydrogens (tertiary/aromatic N) is 1. The highest BCUT2D eigenvalue weighted by Gasteiger charge is 2.52. The lowest BCUT2D eigenvalue weighted by molar-refractivity contribution is -0.0726. The van der Waals surface area contributed by atoms with E-state index in [1.807, 2.05) is 0 Å². The zero-order valence-electron chi connectivity index (χ0n) is 11.3. The molecule has 100 valence electrons. The van der Waals surface area contributed by atoms with Gasteiger partial charge in [-0.3, -0.25) is 0 Å². The summed E-state index contributed by atoms with van der Waals surface area (Å²) in [6, 6.07) is 7.21. The van der Waals surface area contributed by atoms with Gasteiger partial charge in [-0.25, -0.2) is 0 Å². The molecule has 2 bridgehead atoms. The molecule has 1 saturated heterocycles. The molecule has 2 fully saturated rings. The van der Waals surface area contributed by atoms with E-state index >= 15 is 0 Å². The van der Waals surface area contributed by atoms with Gasteiger partial charge in [-0.15, -0.1) is 0 Å². The molecule has 3 aliphatic rings. The van der Waals surface area contributed by atoms with Crippen LogP contribution < -0.4 is 10.1 Å². The molecule has 3 nitrogen and oxygen atoms in total. The van der Waals surface area contributed by atoms with Gasteiger partial charge in [-0.2, -0.15) is 0 Å². The van der Waals surface area contributed by atoms with Crippen LogP contribution in [0.2, 0.25) is 0 Å². The average Bonchev–Trinajstić information content (AvgIpc) is 3.14. The fourth-order valence-electron chi connectivity index (χ4n) is 3.43. The van der Waals surface area contributed by atoms with Crippen molar-refractivity contribution in [3.8, 4) is 5.75 Å². The van der Waals surface area contributed by atoms with E-state index in [1.54, 1.807) is 0 Å². The fourth-order valence-corrected chi connectivity index (χ4v) is 3.92. The lowest BCUT2D eigenvalue weighted by Gasteiger charge is -2.52. The van der Waals surface area contributed by atoms with Gasteiger partial charge in [0.1, 0.15) is 5.75 Å². The van der Waals surface area contributed by atoms with Gasteiger partial charge in [0.25, 0.3) is 0 Å². The summed E-state index contributed by atoms with van der Waals surface area (Å²) in [5, 5.41) is 4.36. The molecule has 1 N–H and O–H groups in total. The van der Waals surface area contributed by atoms with Crippen molar-refractivity contribution in [1.29, 1.82) is 0 Å². The smallest absolute Gasteiger partial charge is 0.184 e. The van der Waals surface area contributed by atoms with Crippen molar-refractivity contribution in [3.63, 3.8) is 0 Å². The number of ether oxygens (including phenoxy) is 1. The Kier molecular flexibility index (Phi) is 2.20. The topological polar surface area (TPSA) is 24.5 Å². The number of fused-ring (bicyclic) bond motifs is 4. The first-order valence-electron chi connectivity index (χ1n) is 6.97. The molecule has 0 radical (unpaired) electrons. The van der Waals surface area contributed by atoms with Crippen molar-refractivity contribution in [2.24, 2.45) is 0 Å². The Morgan fingerprint density at radius 2 is 2.21 bits per heavy atom. The predicted octanol–water partition coefficient (Wildman–Crippen LogP) is 2.89. The second-order valence-electron chi connectivity index (χ2n) is 6.08. The van der Waals surface area contributed by atoms with Crippen LogP contribution in [0.4, 0.5) is 0 Å². The molecule has 1 aromatic rings. The highest BCUT2D eigenvalue weighted by Crippen LogP contribution is 2.48. The molecule has 1 saturated carbocycles. The van der Waals surface area contributed by atoms with Gasteiger partial charge >= 0.3 is 0 Å². The number of nitrogens with one attached hydrogen (secondary N) is 1. The van der Waals surface area contributed by atoms with Crippen molar-refractivity contribution in [2.45, 2.75) is 50.9 Å². The fraction of sp³-hybridized carbons (Fsp3) is 0.533. The molecule has 4 rings (SSSR count). The Labute approximate surface area is 118 Å². The first-order chi connectivity index (χ1) is 9.08. The van der Waals surface area contributed by atoms with Gasteiger partial charge < -0.3 is 15.0 Å². The van der Waals surface area contributed by atoms with Crippen LogP contribution in [0.25, 0.3) is 0 Å². The molecular weight excluding hydrogens is 256 g/mol. The van der Waals surface area contributed by atoms with Crippen LogP contribution in [0.15, 0.2) is 18.2 Å². The minimum absolute atomic E-state index is 0.284. The van der Waals surface area contributed by atoms with E-state index in [2.05, 4.69) is 42.3 Å². The molecule has 2 heterocycles. The van der Waals surface area contributed by atoms with Crippen LogP contribution in [-0.2, 0) is 0 Å². The summed E-state index contributed by atoms with van der Waals surface area (Å²) in [5.41, 5.74) is 2.17. The van der Waals surface area contributed by atoms with Crippen molar-refractivity contribution in [1.82, 2.24) is 10.2 Å². The van der Waals surface area contributed by atoms with Crippen LogP contribution >= 0.6 is 12.2 Å². The van der Waals surface area contributed by atoms with Gasteiger partial charge in [0.05, 0.1) is 6.04 Å². The molecule has 1 aromatic carbocycles. The Hall–Kier alpha value is -1.29. The standard InChI is InChI=1S/C15H18N2OS/c1-9-4-3-5-11-12-8-15(2,18-13(9)11)17(10-6-7-10)14(19)16-12/h3-5,10,12H,6-8H2,1-2H3,(H,16,19). The van der Waals surface area contributed by atoms with Gasteiger partial charge in [0.15, 0.2) is 10.8 Å². The van der Waals surface area contributed by atoms with Crippen LogP contribution in [0.5, 0.6) is 5.75 Å². The van der Waals surface area contributed by atoms with E-state index < -0.39 is 0 Å². The maximum absolute atomic E-state index is 6.40. The first kappa shape index (κ1) is 11.5. The zero-order chi connectivity index (χ0) is 13.2. The zero-order valence-corrected chi connectivity index (χ0v) is 12.1. The second kappa shape index (κ2) is 3.63. The van der Waals surface area contributed by atoms with Crippen molar-refractivity contribution >= 4 is 17.3 Å². The minimum atomic E-state index is -0.284. The number of rotatable bonds is 1. The quantitative estimate of drug-likeness (QED) is 0.796. The number of hydrogen-bond acceptors (Lipinski definition) is 2. The normalized spacial score (nSPS) is 32.4. The van der Waals surface area contributed by atoms with Crippen molar-refractivity contribution in [3.05, 3.63) is 29.3 Å². The highest BCUT2D eigenvalue weighted by atomic mass is 32.1. The lowest BCUT2D eigenvalue weighted by atomic mass is 9.89. The Morgan fingerprint density at radius 1 is 1.42 bits per heavy atom. The summed E-state index contributed by atoms with van der Waals surface area (Å²) < 4.78 is 6.40. The first-order valence-corrected chi connectivity index (χ1v) is 7.38. The molecule has 0 aromatic heterocycles. The molecule has 0 amide bonds. The van der Waals surface area contributed by atoms with E-state index in [-0.39, 0.29) is 11.8 Å². The molecule has 2 unspecified atom stereocenters. The van der Waals surface area contributed by atoms with Gasteiger partial charge in [0.2, 0.25) is 0 Å². The largest absolute Gasteiger partial charge is 0.467 e.